The molecule has 0 aliphatic heterocycles. The number of benzene rings is 7. The number of fused-ring (bicyclic) bond motifs is 6. The average Bonchev–Trinajstić information content (AvgIpc) is 3.76. The topological polar surface area (TPSA) is 31.0 Å². The molecule has 7 aromatic carbocycles. The first-order valence-electron chi connectivity index (χ1n) is 17.6. The number of rotatable bonds is 6. The van der Waals surface area contributed by atoms with Crippen molar-refractivity contribution in [2.24, 2.45) is 0 Å². The molecule has 0 aliphatic carbocycles. The lowest BCUT2D eigenvalue weighted by molar-refractivity contribution is 0.670. The Labute approximate surface area is 301 Å². The molecule has 3 heteroatoms. The Kier molecular flexibility index (Phi) is 7.14. The minimum absolute atomic E-state index is 0.912. The maximum Gasteiger partial charge on any atom is 0.143 e. The monoisotopic (exact) mass is 664 g/mol. The van der Waals surface area contributed by atoms with Gasteiger partial charge in [-0.1, -0.05) is 140 Å². The second kappa shape index (κ2) is 12.4. The molecule has 3 aromatic heterocycles. The van der Waals surface area contributed by atoms with Gasteiger partial charge in [0, 0.05) is 38.4 Å². The first kappa shape index (κ1) is 29.9. The molecule has 0 spiro atoms. The van der Waals surface area contributed by atoms with Crippen LogP contribution < -0.4 is 0 Å². The van der Waals surface area contributed by atoms with Gasteiger partial charge >= 0.3 is 0 Å². The van der Waals surface area contributed by atoms with Crippen LogP contribution in [0, 0.1) is 0 Å². The third kappa shape index (κ3) is 5.19. The lowest BCUT2D eigenvalue weighted by Gasteiger charge is -2.10. The Hall–Kier alpha value is -6.97. The highest BCUT2D eigenvalue weighted by atomic mass is 16.3. The SMILES string of the molecule is C(=C\c1cc(-c2ccccc2)cc(-c2ccccc2)n1)/c1ccc2c(c1)c1ccccc1n2-c1ccc(-c2cccc3c2oc2ccccc23)cc1. The van der Waals surface area contributed by atoms with Crippen molar-refractivity contribution in [1.29, 1.82) is 0 Å². The van der Waals surface area contributed by atoms with Crippen molar-refractivity contribution < 1.29 is 4.42 Å². The van der Waals surface area contributed by atoms with Crippen LogP contribution in [-0.4, -0.2) is 9.55 Å². The van der Waals surface area contributed by atoms with Gasteiger partial charge < -0.3 is 8.98 Å². The van der Waals surface area contributed by atoms with Crippen molar-refractivity contribution in [2.75, 3.05) is 0 Å². The summed E-state index contributed by atoms with van der Waals surface area (Å²) in [6.07, 6.45) is 4.30. The Bertz CT molecular complexity index is 2870. The molecular weight excluding hydrogens is 633 g/mol. The molecule has 3 heterocycles. The molecular formula is C49H32N2O. The molecule has 0 amide bonds. The minimum Gasteiger partial charge on any atom is -0.455 e. The fraction of sp³-hybridized carbons (Fsp3) is 0. The molecule has 0 bridgehead atoms. The molecule has 0 aliphatic rings. The first-order chi connectivity index (χ1) is 25.8. The number of furan rings is 1. The summed E-state index contributed by atoms with van der Waals surface area (Å²) in [6, 6.07) is 64.1. The van der Waals surface area contributed by atoms with Gasteiger partial charge in [-0.05, 0) is 76.9 Å². The van der Waals surface area contributed by atoms with Crippen LogP contribution in [0.25, 0.3) is 95.1 Å². The van der Waals surface area contributed by atoms with E-state index >= 15 is 0 Å². The number of pyridine rings is 1. The summed E-state index contributed by atoms with van der Waals surface area (Å²) < 4.78 is 8.71. The van der Waals surface area contributed by atoms with Gasteiger partial charge in [-0.2, -0.15) is 0 Å². The van der Waals surface area contributed by atoms with Crippen molar-refractivity contribution in [3.05, 3.63) is 193 Å². The van der Waals surface area contributed by atoms with Crippen LogP contribution in [0.3, 0.4) is 0 Å². The normalized spacial score (nSPS) is 11.8. The Morgan fingerprint density at radius 1 is 0.442 bits per heavy atom. The van der Waals surface area contributed by atoms with Crippen LogP contribution in [0.15, 0.2) is 186 Å². The third-order valence-corrected chi connectivity index (χ3v) is 10.0. The summed E-state index contributed by atoms with van der Waals surface area (Å²) in [5.41, 5.74) is 13.9. The second-order valence-corrected chi connectivity index (χ2v) is 13.2. The zero-order chi connectivity index (χ0) is 34.4. The van der Waals surface area contributed by atoms with Crippen LogP contribution in [0.2, 0.25) is 0 Å². The quantitative estimate of drug-likeness (QED) is 0.177. The molecule has 3 nitrogen and oxygen atoms in total. The van der Waals surface area contributed by atoms with Gasteiger partial charge in [-0.3, -0.25) is 0 Å². The minimum atomic E-state index is 0.912. The van der Waals surface area contributed by atoms with E-state index in [0.717, 1.165) is 66.8 Å². The molecule has 0 atom stereocenters. The maximum atomic E-state index is 6.35. The fourth-order valence-corrected chi connectivity index (χ4v) is 7.51. The molecule has 10 rings (SSSR count). The maximum absolute atomic E-state index is 6.35. The summed E-state index contributed by atoms with van der Waals surface area (Å²) in [4.78, 5) is 5.06. The van der Waals surface area contributed by atoms with E-state index in [2.05, 4.69) is 181 Å². The van der Waals surface area contributed by atoms with Crippen LogP contribution in [0.5, 0.6) is 0 Å². The van der Waals surface area contributed by atoms with Gasteiger partial charge in [0.25, 0.3) is 0 Å². The summed E-state index contributed by atoms with van der Waals surface area (Å²) >= 11 is 0. The van der Waals surface area contributed by atoms with E-state index in [4.69, 9.17) is 9.40 Å². The number of nitrogens with zero attached hydrogens (tertiary/aromatic N) is 2. The molecule has 52 heavy (non-hydrogen) atoms. The smallest absolute Gasteiger partial charge is 0.143 e. The highest BCUT2D eigenvalue weighted by molar-refractivity contribution is 6.11. The van der Waals surface area contributed by atoms with E-state index in [0.29, 0.717) is 0 Å². The summed E-state index contributed by atoms with van der Waals surface area (Å²) in [5.74, 6) is 0. The van der Waals surface area contributed by atoms with Crippen molar-refractivity contribution in [1.82, 2.24) is 9.55 Å². The van der Waals surface area contributed by atoms with Gasteiger partial charge in [0.15, 0.2) is 0 Å². The van der Waals surface area contributed by atoms with Gasteiger partial charge in [0.2, 0.25) is 0 Å². The zero-order valence-electron chi connectivity index (χ0n) is 28.3. The van der Waals surface area contributed by atoms with E-state index in [1.54, 1.807) is 0 Å². The van der Waals surface area contributed by atoms with Gasteiger partial charge in [0.05, 0.1) is 22.4 Å². The standard InChI is InChI=1S/C49H32N2O/c1-3-12-34(13-4-1)37-31-38(50-45(32-37)36-14-5-2-6-15-36)26-22-33-23-29-47-44(30-33)41-16-7-9-20-46(41)51(47)39-27-24-35(25-28-39)40-18-11-19-43-42-17-8-10-21-48(42)52-49(40)43/h1-32H/b26-22+. The fourth-order valence-electron chi connectivity index (χ4n) is 7.51. The molecule has 0 saturated heterocycles. The van der Waals surface area contributed by atoms with E-state index in [-0.39, 0.29) is 0 Å². The van der Waals surface area contributed by atoms with Crippen LogP contribution in [0.4, 0.5) is 0 Å². The number of aromatic nitrogens is 2. The average molecular weight is 665 g/mol. The Morgan fingerprint density at radius 2 is 1.13 bits per heavy atom. The third-order valence-electron chi connectivity index (χ3n) is 10.0. The van der Waals surface area contributed by atoms with Crippen molar-refractivity contribution in [3.63, 3.8) is 0 Å². The van der Waals surface area contributed by atoms with Crippen LogP contribution >= 0.6 is 0 Å². The molecule has 0 fully saturated rings. The van der Waals surface area contributed by atoms with Crippen molar-refractivity contribution >= 4 is 55.9 Å². The lowest BCUT2D eigenvalue weighted by atomic mass is 10.0. The van der Waals surface area contributed by atoms with Gasteiger partial charge in [-0.15, -0.1) is 0 Å². The number of para-hydroxylation sites is 3. The summed E-state index contributed by atoms with van der Waals surface area (Å²) in [5, 5.41) is 4.72. The molecule has 10 aromatic rings. The predicted molar refractivity (Wildman–Crippen MR) is 218 cm³/mol. The molecule has 244 valence electrons. The zero-order valence-corrected chi connectivity index (χ0v) is 28.3. The molecule has 0 N–H and O–H groups in total. The first-order valence-corrected chi connectivity index (χ1v) is 17.6. The van der Waals surface area contributed by atoms with Crippen molar-refractivity contribution in [3.8, 4) is 39.2 Å². The van der Waals surface area contributed by atoms with Gasteiger partial charge in [0.1, 0.15) is 11.2 Å². The second-order valence-electron chi connectivity index (χ2n) is 13.2. The van der Waals surface area contributed by atoms with Gasteiger partial charge in [-0.25, -0.2) is 4.98 Å². The molecule has 0 radical (unpaired) electrons. The Balaban J connectivity index is 1.03. The Morgan fingerprint density at radius 3 is 1.96 bits per heavy atom. The van der Waals surface area contributed by atoms with E-state index < -0.39 is 0 Å². The van der Waals surface area contributed by atoms with E-state index in [1.165, 1.54) is 27.4 Å². The summed E-state index contributed by atoms with van der Waals surface area (Å²) in [7, 11) is 0. The number of hydrogen-bond donors (Lipinski definition) is 0. The molecule has 0 saturated carbocycles. The lowest BCUT2D eigenvalue weighted by Crippen LogP contribution is -1.93. The highest BCUT2D eigenvalue weighted by Crippen LogP contribution is 2.37. The predicted octanol–water partition coefficient (Wildman–Crippen LogP) is 13.2. The number of hydrogen-bond acceptors (Lipinski definition) is 2. The van der Waals surface area contributed by atoms with Crippen molar-refractivity contribution in [2.45, 2.75) is 0 Å². The summed E-state index contributed by atoms with van der Waals surface area (Å²) in [6.45, 7) is 0. The largest absolute Gasteiger partial charge is 0.455 e. The van der Waals surface area contributed by atoms with Crippen LogP contribution in [0.1, 0.15) is 11.3 Å². The molecule has 0 unspecified atom stereocenters. The van der Waals surface area contributed by atoms with E-state index in [9.17, 15) is 0 Å². The van der Waals surface area contributed by atoms with Crippen LogP contribution in [-0.2, 0) is 0 Å². The highest BCUT2D eigenvalue weighted by Gasteiger charge is 2.15. The van der Waals surface area contributed by atoms with E-state index in [1.807, 2.05) is 18.2 Å².